The molecule has 0 saturated carbocycles. The molecule has 4 heteroatoms. The Morgan fingerprint density at radius 1 is 1.47 bits per heavy atom. The molecule has 2 rings (SSSR count). The Hall–Kier alpha value is -0.640. The van der Waals surface area contributed by atoms with Gasteiger partial charge in [0.15, 0.2) is 0 Å². The summed E-state index contributed by atoms with van der Waals surface area (Å²) in [6.07, 6.45) is 4.41. The molecule has 1 aromatic heterocycles. The first-order valence-electron chi connectivity index (χ1n) is 6.25. The van der Waals surface area contributed by atoms with Crippen molar-refractivity contribution in [2.75, 3.05) is 19.6 Å². The van der Waals surface area contributed by atoms with Gasteiger partial charge in [0.2, 0.25) is 0 Å². The molecule has 2 heterocycles. The predicted octanol–water partition coefficient (Wildman–Crippen LogP) is 2.08. The van der Waals surface area contributed by atoms with Crippen LogP contribution in [0.1, 0.15) is 25.5 Å². The summed E-state index contributed by atoms with van der Waals surface area (Å²) in [5, 5.41) is 3.47. The highest BCUT2D eigenvalue weighted by Gasteiger charge is 2.21. The number of hydrogen-bond acceptors (Lipinski definition) is 3. The summed E-state index contributed by atoms with van der Waals surface area (Å²) in [5.41, 5.74) is 1.19. The Kier molecular flexibility index (Phi) is 6.48. The van der Waals surface area contributed by atoms with Gasteiger partial charge >= 0.3 is 0 Å². The third kappa shape index (κ3) is 4.26. The highest BCUT2D eigenvalue weighted by molar-refractivity contribution is 5.85. The van der Waals surface area contributed by atoms with Crippen molar-refractivity contribution in [3.8, 4) is 0 Å². The van der Waals surface area contributed by atoms with Crippen LogP contribution in [-0.4, -0.2) is 35.6 Å². The van der Waals surface area contributed by atoms with Gasteiger partial charge in [0, 0.05) is 38.4 Å². The van der Waals surface area contributed by atoms with E-state index in [0.717, 1.165) is 26.2 Å². The van der Waals surface area contributed by atoms with Crippen molar-refractivity contribution in [2.45, 2.75) is 32.4 Å². The van der Waals surface area contributed by atoms with E-state index in [1.54, 1.807) is 0 Å². The average Bonchev–Trinajstić information content (AvgIpc) is 2.33. The van der Waals surface area contributed by atoms with Crippen LogP contribution in [0.25, 0.3) is 0 Å². The van der Waals surface area contributed by atoms with E-state index >= 15 is 0 Å². The molecule has 0 spiro atoms. The molecule has 1 N–H and O–H groups in total. The standard InChI is InChI=1S/C13H21N3.ClH/c1-2-5-13-10-14-8-9-16(13)11-12-6-3-4-7-15-12;/h3-4,6-7,13-14H,2,5,8-11H2,1H3;1H. The number of nitrogens with zero attached hydrogens (tertiary/aromatic N) is 2. The van der Waals surface area contributed by atoms with Gasteiger partial charge in [-0.3, -0.25) is 9.88 Å². The molecule has 17 heavy (non-hydrogen) atoms. The number of piperazine rings is 1. The van der Waals surface area contributed by atoms with Gasteiger partial charge in [-0.2, -0.15) is 0 Å². The number of aromatic nitrogens is 1. The monoisotopic (exact) mass is 255 g/mol. The zero-order valence-corrected chi connectivity index (χ0v) is 11.2. The number of nitrogens with one attached hydrogen (secondary N) is 1. The van der Waals surface area contributed by atoms with E-state index in [4.69, 9.17) is 0 Å². The lowest BCUT2D eigenvalue weighted by molar-refractivity contribution is 0.142. The van der Waals surface area contributed by atoms with E-state index in [9.17, 15) is 0 Å². The first kappa shape index (κ1) is 14.4. The van der Waals surface area contributed by atoms with E-state index in [1.165, 1.54) is 18.5 Å². The SMILES string of the molecule is CCCC1CNCCN1Cc1ccccn1.Cl. The molecule has 3 nitrogen and oxygen atoms in total. The van der Waals surface area contributed by atoms with E-state index in [0.29, 0.717) is 6.04 Å². The van der Waals surface area contributed by atoms with Crippen LogP contribution in [0.5, 0.6) is 0 Å². The van der Waals surface area contributed by atoms with Crippen LogP contribution < -0.4 is 5.32 Å². The Bertz CT molecular complexity index is 303. The molecule has 0 bridgehead atoms. The van der Waals surface area contributed by atoms with E-state index < -0.39 is 0 Å². The molecule has 1 atom stereocenters. The van der Waals surface area contributed by atoms with Crippen LogP contribution in [0.15, 0.2) is 24.4 Å². The van der Waals surface area contributed by atoms with Gasteiger partial charge in [-0.25, -0.2) is 0 Å². The lowest BCUT2D eigenvalue weighted by Gasteiger charge is -2.35. The molecular formula is C13H22ClN3. The summed E-state index contributed by atoms with van der Waals surface area (Å²) in [7, 11) is 0. The summed E-state index contributed by atoms with van der Waals surface area (Å²) in [4.78, 5) is 6.96. The summed E-state index contributed by atoms with van der Waals surface area (Å²) in [6.45, 7) is 6.62. The van der Waals surface area contributed by atoms with Crippen LogP contribution in [0.2, 0.25) is 0 Å². The van der Waals surface area contributed by atoms with Crippen molar-refractivity contribution in [1.82, 2.24) is 15.2 Å². The largest absolute Gasteiger partial charge is 0.314 e. The maximum Gasteiger partial charge on any atom is 0.0544 e. The normalized spacial score (nSPS) is 20.9. The number of hydrogen-bond donors (Lipinski definition) is 1. The van der Waals surface area contributed by atoms with E-state index in [2.05, 4.69) is 34.3 Å². The second kappa shape index (κ2) is 7.64. The van der Waals surface area contributed by atoms with Crippen molar-refractivity contribution in [2.24, 2.45) is 0 Å². The third-order valence-electron chi connectivity index (χ3n) is 3.19. The molecule has 0 radical (unpaired) electrons. The molecule has 96 valence electrons. The Morgan fingerprint density at radius 2 is 2.35 bits per heavy atom. The predicted molar refractivity (Wildman–Crippen MR) is 73.5 cm³/mol. The fourth-order valence-electron chi connectivity index (χ4n) is 2.33. The van der Waals surface area contributed by atoms with Crippen molar-refractivity contribution >= 4 is 12.4 Å². The molecule has 1 saturated heterocycles. The quantitative estimate of drug-likeness (QED) is 0.893. The number of rotatable bonds is 4. The van der Waals surface area contributed by atoms with Crippen molar-refractivity contribution in [3.05, 3.63) is 30.1 Å². The maximum absolute atomic E-state index is 4.41. The van der Waals surface area contributed by atoms with Gasteiger partial charge in [-0.1, -0.05) is 19.4 Å². The molecule has 1 aliphatic heterocycles. The zero-order valence-electron chi connectivity index (χ0n) is 10.4. The first-order chi connectivity index (χ1) is 7.90. The Labute approximate surface area is 110 Å². The van der Waals surface area contributed by atoms with Gasteiger partial charge in [0.25, 0.3) is 0 Å². The minimum absolute atomic E-state index is 0. The summed E-state index contributed by atoms with van der Waals surface area (Å²) >= 11 is 0. The van der Waals surface area contributed by atoms with E-state index in [1.807, 2.05) is 12.3 Å². The van der Waals surface area contributed by atoms with Crippen LogP contribution >= 0.6 is 12.4 Å². The van der Waals surface area contributed by atoms with Crippen molar-refractivity contribution in [1.29, 1.82) is 0 Å². The van der Waals surface area contributed by atoms with Gasteiger partial charge < -0.3 is 5.32 Å². The van der Waals surface area contributed by atoms with Gasteiger partial charge in [0.1, 0.15) is 0 Å². The summed E-state index contributed by atoms with van der Waals surface area (Å²) in [5.74, 6) is 0. The molecule has 1 aliphatic rings. The minimum atomic E-state index is 0. The minimum Gasteiger partial charge on any atom is -0.314 e. The molecule has 1 aromatic rings. The van der Waals surface area contributed by atoms with Crippen LogP contribution in [0.3, 0.4) is 0 Å². The van der Waals surface area contributed by atoms with Crippen LogP contribution in [0.4, 0.5) is 0 Å². The smallest absolute Gasteiger partial charge is 0.0544 e. The Balaban J connectivity index is 0.00000144. The topological polar surface area (TPSA) is 28.2 Å². The van der Waals surface area contributed by atoms with Crippen molar-refractivity contribution < 1.29 is 0 Å². The van der Waals surface area contributed by atoms with E-state index in [-0.39, 0.29) is 12.4 Å². The zero-order chi connectivity index (χ0) is 11.2. The van der Waals surface area contributed by atoms with Crippen LogP contribution in [0, 0.1) is 0 Å². The lowest BCUT2D eigenvalue weighted by Crippen LogP contribution is -2.50. The maximum atomic E-state index is 4.41. The highest BCUT2D eigenvalue weighted by atomic mass is 35.5. The van der Waals surface area contributed by atoms with Gasteiger partial charge in [0.05, 0.1) is 5.69 Å². The van der Waals surface area contributed by atoms with Gasteiger partial charge in [-0.05, 0) is 18.6 Å². The molecule has 0 amide bonds. The second-order valence-electron chi connectivity index (χ2n) is 4.44. The molecule has 0 aromatic carbocycles. The summed E-state index contributed by atoms with van der Waals surface area (Å²) < 4.78 is 0. The molecule has 1 fully saturated rings. The molecule has 0 aliphatic carbocycles. The summed E-state index contributed by atoms with van der Waals surface area (Å²) in [6, 6.07) is 6.84. The first-order valence-corrected chi connectivity index (χ1v) is 6.25. The van der Waals surface area contributed by atoms with Crippen LogP contribution in [-0.2, 0) is 6.54 Å². The second-order valence-corrected chi connectivity index (χ2v) is 4.44. The van der Waals surface area contributed by atoms with Gasteiger partial charge in [-0.15, -0.1) is 12.4 Å². The fourth-order valence-corrected chi connectivity index (χ4v) is 2.33. The third-order valence-corrected chi connectivity index (χ3v) is 3.19. The lowest BCUT2D eigenvalue weighted by atomic mass is 10.1. The van der Waals surface area contributed by atoms with Crippen molar-refractivity contribution in [3.63, 3.8) is 0 Å². The number of pyridine rings is 1. The molecule has 1 unspecified atom stereocenters. The fraction of sp³-hybridized carbons (Fsp3) is 0.615. The Morgan fingerprint density at radius 3 is 3.06 bits per heavy atom. The number of halogens is 1. The molecular weight excluding hydrogens is 234 g/mol. The average molecular weight is 256 g/mol. The highest BCUT2D eigenvalue weighted by Crippen LogP contribution is 2.12.